The monoisotopic (exact) mass is 322 g/mol. The molecule has 1 aromatic carbocycles. The highest BCUT2D eigenvalue weighted by Gasteiger charge is 2.29. The van der Waals surface area contributed by atoms with Gasteiger partial charge in [-0.05, 0) is 29.4 Å². The van der Waals surface area contributed by atoms with Crippen LogP contribution in [-0.4, -0.2) is 35.0 Å². The number of aliphatic hydroxyl groups is 2. The highest BCUT2D eigenvalue weighted by molar-refractivity contribution is 5.92. The van der Waals surface area contributed by atoms with Crippen molar-refractivity contribution in [2.24, 2.45) is 0 Å². The van der Waals surface area contributed by atoms with E-state index in [1.54, 1.807) is 0 Å². The van der Waals surface area contributed by atoms with E-state index >= 15 is 0 Å². The number of nitrogens with one attached hydrogen (secondary N) is 2. The molecular formula is C18H30N2O3. The van der Waals surface area contributed by atoms with Gasteiger partial charge >= 0.3 is 6.03 Å². The van der Waals surface area contributed by atoms with Crippen molar-refractivity contribution in [1.82, 2.24) is 5.32 Å². The van der Waals surface area contributed by atoms with Crippen molar-refractivity contribution in [3.05, 3.63) is 29.3 Å². The standard InChI is InChI=1S/C18H30N2O3/c1-6-18(10-21,11-22)20-17(23)19-16-14(12(2)3)8-7-9-15(16)13(4)5/h7-9,12-13,21-22H,6,10-11H2,1-5H3,(H2,19,20,23). The van der Waals surface area contributed by atoms with Gasteiger partial charge in [0, 0.05) is 5.69 Å². The van der Waals surface area contributed by atoms with E-state index in [0.717, 1.165) is 16.8 Å². The van der Waals surface area contributed by atoms with E-state index < -0.39 is 11.6 Å². The molecule has 0 saturated heterocycles. The molecule has 130 valence electrons. The fraction of sp³-hybridized carbons (Fsp3) is 0.611. The number of hydrogen-bond acceptors (Lipinski definition) is 3. The summed E-state index contributed by atoms with van der Waals surface area (Å²) in [5.74, 6) is 0.547. The van der Waals surface area contributed by atoms with Crippen LogP contribution in [0.5, 0.6) is 0 Å². The topological polar surface area (TPSA) is 81.6 Å². The number of amides is 2. The highest BCUT2D eigenvalue weighted by Crippen LogP contribution is 2.32. The molecule has 0 aliphatic heterocycles. The smallest absolute Gasteiger partial charge is 0.319 e. The van der Waals surface area contributed by atoms with Gasteiger partial charge in [0.05, 0.1) is 18.8 Å². The summed E-state index contributed by atoms with van der Waals surface area (Å²) in [5.41, 5.74) is 1.95. The Hall–Kier alpha value is -1.59. The van der Waals surface area contributed by atoms with E-state index in [1.807, 2.05) is 25.1 Å². The number of carbonyl (C=O) groups excluding carboxylic acids is 1. The summed E-state index contributed by atoms with van der Waals surface area (Å²) in [6, 6.07) is 5.62. The molecule has 0 unspecified atom stereocenters. The number of carbonyl (C=O) groups is 1. The average molecular weight is 322 g/mol. The molecule has 0 aliphatic rings. The van der Waals surface area contributed by atoms with E-state index in [9.17, 15) is 15.0 Å². The van der Waals surface area contributed by atoms with Crippen molar-refractivity contribution in [1.29, 1.82) is 0 Å². The molecule has 0 aliphatic carbocycles. The van der Waals surface area contributed by atoms with Crippen molar-refractivity contribution in [3.8, 4) is 0 Å². The first kappa shape index (κ1) is 19.5. The minimum absolute atomic E-state index is 0.274. The van der Waals surface area contributed by atoms with Crippen molar-refractivity contribution in [2.75, 3.05) is 18.5 Å². The maximum atomic E-state index is 12.4. The predicted molar refractivity (Wildman–Crippen MR) is 94.0 cm³/mol. The molecule has 5 heteroatoms. The van der Waals surface area contributed by atoms with Crippen LogP contribution in [0.15, 0.2) is 18.2 Å². The fourth-order valence-corrected chi connectivity index (χ4v) is 2.52. The lowest BCUT2D eigenvalue weighted by Crippen LogP contribution is -2.55. The summed E-state index contributed by atoms with van der Waals surface area (Å²) in [6.07, 6.45) is 0.441. The average Bonchev–Trinajstić information content (AvgIpc) is 2.52. The molecule has 23 heavy (non-hydrogen) atoms. The molecule has 0 radical (unpaired) electrons. The quantitative estimate of drug-likeness (QED) is 0.622. The summed E-state index contributed by atoms with van der Waals surface area (Å²) in [4.78, 5) is 12.4. The molecule has 0 atom stereocenters. The number of aliphatic hydroxyl groups excluding tert-OH is 2. The Balaban J connectivity index is 3.10. The van der Waals surface area contributed by atoms with Crippen molar-refractivity contribution >= 4 is 11.7 Å². The second-order valence-electron chi connectivity index (χ2n) is 6.65. The second-order valence-corrected chi connectivity index (χ2v) is 6.65. The maximum absolute atomic E-state index is 12.4. The van der Waals surface area contributed by atoms with Gasteiger partial charge in [-0.2, -0.15) is 0 Å². The van der Waals surface area contributed by atoms with Crippen LogP contribution in [-0.2, 0) is 0 Å². The van der Waals surface area contributed by atoms with Crippen molar-refractivity contribution < 1.29 is 15.0 Å². The molecule has 0 aromatic heterocycles. The van der Waals surface area contributed by atoms with Gasteiger partial charge in [-0.3, -0.25) is 0 Å². The third-order valence-corrected chi connectivity index (χ3v) is 4.27. The molecule has 0 spiro atoms. The number of benzene rings is 1. The molecule has 1 rings (SSSR count). The third kappa shape index (κ3) is 4.69. The van der Waals surface area contributed by atoms with Crippen molar-refractivity contribution in [3.63, 3.8) is 0 Å². The Morgan fingerprint density at radius 2 is 1.57 bits per heavy atom. The Morgan fingerprint density at radius 3 is 1.91 bits per heavy atom. The molecular weight excluding hydrogens is 292 g/mol. The normalized spacial score (nSPS) is 11.9. The lowest BCUT2D eigenvalue weighted by Gasteiger charge is -2.30. The van der Waals surface area contributed by atoms with Crippen LogP contribution in [0.4, 0.5) is 10.5 Å². The first-order valence-electron chi connectivity index (χ1n) is 8.24. The Bertz CT molecular complexity index is 488. The first-order valence-corrected chi connectivity index (χ1v) is 8.24. The van der Waals surface area contributed by atoms with Gasteiger partial charge in [-0.1, -0.05) is 52.8 Å². The minimum atomic E-state index is -1.01. The second kappa shape index (κ2) is 8.31. The number of anilines is 1. The molecule has 0 saturated carbocycles. The lowest BCUT2D eigenvalue weighted by molar-refractivity contribution is 0.0955. The summed E-state index contributed by atoms with van der Waals surface area (Å²) >= 11 is 0. The largest absolute Gasteiger partial charge is 0.394 e. The van der Waals surface area contributed by atoms with Gasteiger partial charge in [0.2, 0.25) is 0 Å². The number of urea groups is 1. The van der Waals surface area contributed by atoms with Crippen LogP contribution >= 0.6 is 0 Å². The lowest BCUT2D eigenvalue weighted by atomic mass is 9.92. The van der Waals surface area contributed by atoms with Crippen LogP contribution in [0, 0.1) is 0 Å². The molecule has 0 heterocycles. The van der Waals surface area contributed by atoms with Gasteiger partial charge in [0.15, 0.2) is 0 Å². The molecule has 4 N–H and O–H groups in total. The Morgan fingerprint density at radius 1 is 1.09 bits per heavy atom. The molecule has 5 nitrogen and oxygen atoms in total. The summed E-state index contributed by atoms with van der Waals surface area (Å²) in [7, 11) is 0. The van der Waals surface area contributed by atoms with Crippen LogP contribution in [0.25, 0.3) is 0 Å². The third-order valence-electron chi connectivity index (χ3n) is 4.27. The van der Waals surface area contributed by atoms with Gasteiger partial charge in [0.1, 0.15) is 0 Å². The van der Waals surface area contributed by atoms with Crippen LogP contribution in [0.2, 0.25) is 0 Å². The zero-order valence-corrected chi connectivity index (χ0v) is 14.8. The fourth-order valence-electron chi connectivity index (χ4n) is 2.52. The number of hydrogen-bond donors (Lipinski definition) is 4. The molecule has 1 aromatic rings. The molecule has 0 fully saturated rings. The van der Waals surface area contributed by atoms with E-state index in [-0.39, 0.29) is 25.0 Å². The van der Waals surface area contributed by atoms with E-state index in [1.165, 1.54) is 0 Å². The number of rotatable bonds is 7. The summed E-state index contributed by atoms with van der Waals surface area (Å²) < 4.78 is 0. The van der Waals surface area contributed by atoms with Crippen LogP contribution in [0.1, 0.15) is 64.0 Å². The minimum Gasteiger partial charge on any atom is -0.394 e. The summed E-state index contributed by atoms with van der Waals surface area (Å²) in [6.45, 7) is 9.53. The van der Waals surface area contributed by atoms with Crippen LogP contribution < -0.4 is 10.6 Å². The maximum Gasteiger partial charge on any atom is 0.319 e. The van der Waals surface area contributed by atoms with Gasteiger partial charge in [-0.25, -0.2) is 4.79 Å². The van der Waals surface area contributed by atoms with Gasteiger partial charge in [0.25, 0.3) is 0 Å². The zero-order chi connectivity index (χ0) is 17.6. The SMILES string of the molecule is CCC(CO)(CO)NC(=O)Nc1c(C(C)C)cccc1C(C)C. The Kier molecular flexibility index (Phi) is 7.03. The molecule has 2 amide bonds. The van der Waals surface area contributed by atoms with E-state index in [0.29, 0.717) is 6.42 Å². The van der Waals surface area contributed by atoms with Crippen LogP contribution in [0.3, 0.4) is 0 Å². The molecule has 0 bridgehead atoms. The van der Waals surface area contributed by atoms with Gasteiger partial charge in [-0.15, -0.1) is 0 Å². The first-order chi connectivity index (χ1) is 10.8. The zero-order valence-electron chi connectivity index (χ0n) is 14.8. The van der Waals surface area contributed by atoms with E-state index in [4.69, 9.17) is 0 Å². The van der Waals surface area contributed by atoms with E-state index in [2.05, 4.69) is 38.3 Å². The summed E-state index contributed by atoms with van der Waals surface area (Å²) in [5, 5.41) is 24.6. The van der Waals surface area contributed by atoms with Crippen molar-refractivity contribution in [2.45, 2.75) is 58.4 Å². The predicted octanol–water partition coefficient (Wildman–Crippen LogP) is 3.19. The highest BCUT2D eigenvalue weighted by atomic mass is 16.3. The number of para-hydroxylation sites is 1. The van der Waals surface area contributed by atoms with Gasteiger partial charge < -0.3 is 20.8 Å². The Labute approximate surface area is 139 Å².